The topological polar surface area (TPSA) is 20.2 Å². The minimum atomic E-state index is 0. The molecule has 3 aliphatic heterocycles. The molecule has 0 spiro atoms. The van der Waals surface area contributed by atoms with E-state index in [0.717, 1.165) is 12.6 Å². The number of hydrogen-bond donors (Lipinski definition) is 1. The lowest BCUT2D eigenvalue weighted by molar-refractivity contribution is -0.0358. The Balaban J connectivity index is 0.00000116. The van der Waals surface area contributed by atoms with Gasteiger partial charge in [0.15, 0.2) is 0 Å². The van der Waals surface area contributed by atoms with Crippen LogP contribution < -0.4 is 5.32 Å². The lowest BCUT2D eigenvalue weighted by Gasteiger charge is -2.57. The summed E-state index contributed by atoms with van der Waals surface area (Å²) >= 11 is 0. The van der Waals surface area contributed by atoms with Gasteiger partial charge in [0.25, 0.3) is 0 Å². The molecule has 4 aliphatic rings. The van der Waals surface area contributed by atoms with Crippen LogP contribution in [-0.2, 0) is 6.42 Å². The van der Waals surface area contributed by atoms with Crippen LogP contribution in [0.15, 0.2) is 24.3 Å². The number of benzene rings is 1. The van der Waals surface area contributed by atoms with Crippen LogP contribution in [0, 0.1) is 5.41 Å². The summed E-state index contributed by atoms with van der Waals surface area (Å²) in [5.41, 5.74) is 5.38. The van der Waals surface area contributed by atoms with Gasteiger partial charge in [-0.1, -0.05) is 44.4 Å². The number of halogens is 2. The number of fused-ring (bicyclic) bond motifs is 3. The molecule has 3 nitrogen and oxygen atoms in total. The van der Waals surface area contributed by atoms with Gasteiger partial charge in [-0.3, -0.25) is 4.90 Å². The van der Waals surface area contributed by atoms with Crippen LogP contribution in [0.3, 0.4) is 0 Å². The monoisotopic (exact) mass is 463 g/mol. The third-order valence-corrected chi connectivity index (χ3v) is 8.99. The second kappa shape index (κ2) is 9.25. The Bertz CT molecular complexity index is 903. The van der Waals surface area contributed by atoms with Crippen LogP contribution >= 0.6 is 24.8 Å². The maximum absolute atomic E-state index is 4.04. The zero-order valence-corrected chi connectivity index (χ0v) is 20.6. The van der Waals surface area contributed by atoms with Crippen LogP contribution in [0.2, 0.25) is 0 Å². The first-order valence-electron chi connectivity index (χ1n) is 12.4. The number of para-hydroxylation sites is 1. The maximum atomic E-state index is 4.04. The van der Waals surface area contributed by atoms with Crippen molar-refractivity contribution < 1.29 is 0 Å². The van der Waals surface area contributed by atoms with Crippen molar-refractivity contribution in [1.82, 2.24) is 14.8 Å². The first-order valence-corrected chi connectivity index (χ1v) is 12.4. The number of piperidine rings is 1. The molecule has 6 rings (SSSR count). The molecule has 1 aromatic heterocycles. The van der Waals surface area contributed by atoms with Gasteiger partial charge in [0.05, 0.1) is 6.04 Å². The summed E-state index contributed by atoms with van der Waals surface area (Å²) in [7, 11) is 0. The molecule has 1 aliphatic carbocycles. The van der Waals surface area contributed by atoms with Crippen molar-refractivity contribution in [2.45, 2.75) is 89.3 Å². The molecule has 4 heterocycles. The third-order valence-electron chi connectivity index (χ3n) is 8.99. The molecule has 0 bridgehead atoms. The highest BCUT2D eigenvalue weighted by Crippen LogP contribution is 2.59. The first-order chi connectivity index (χ1) is 14.3. The average Bonchev–Trinajstić information content (AvgIpc) is 3.13. The molecule has 2 aromatic rings. The summed E-state index contributed by atoms with van der Waals surface area (Å²) in [6, 6.07) is 11.3. The fraction of sp³-hybridized carbons (Fsp3) is 0.692. The van der Waals surface area contributed by atoms with E-state index in [-0.39, 0.29) is 24.8 Å². The van der Waals surface area contributed by atoms with Gasteiger partial charge in [-0.25, -0.2) is 0 Å². The summed E-state index contributed by atoms with van der Waals surface area (Å²) in [5, 5.41) is 5.58. The molecule has 1 aromatic carbocycles. The van der Waals surface area contributed by atoms with E-state index in [1.807, 2.05) is 0 Å². The molecule has 1 unspecified atom stereocenters. The van der Waals surface area contributed by atoms with Gasteiger partial charge >= 0.3 is 0 Å². The minimum Gasteiger partial charge on any atom is -0.338 e. The van der Waals surface area contributed by atoms with Gasteiger partial charge in [0.1, 0.15) is 0 Å². The standard InChI is InChI=1S/C26H37N3.2ClH/c1-2-26-14-8-15-28-16-13-22-21-11-6-7-12-23(21)29(24(22)25(26)28)20(17-26)18-27-19-9-4-3-5-10-19;;/h6-7,11-12,19-20,25,27H,2-5,8-10,13-18H2,1H3;2*1H/t20?,25-,26+;;/m1../s1. The highest BCUT2D eigenvalue weighted by atomic mass is 35.5. The average molecular weight is 465 g/mol. The van der Waals surface area contributed by atoms with E-state index < -0.39 is 0 Å². The molecular weight excluding hydrogens is 425 g/mol. The fourth-order valence-corrected chi connectivity index (χ4v) is 7.61. The van der Waals surface area contributed by atoms with E-state index in [9.17, 15) is 0 Å². The predicted molar refractivity (Wildman–Crippen MR) is 135 cm³/mol. The van der Waals surface area contributed by atoms with E-state index >= 15 is 0 Å². The summed E-state index contributed by atoms with van der Waals surface area (Å²) in [6.07, 6.45) is 13.8. The summed E-state index contributed by atoms with van der Waals surface area (Å²) in [5.74, 6) is 0. The Hall–Kier alpha value is -0.740. The van der Waals surface area contributed by atoms with E-state index in [1.165, 1.54) is 82.8 Å². The molecule has 1 saturated carbocycles. The fourth-order valence-electron chi connectivity index (χ4n) is 7.61. The molecule has 172 valence electrons. The highest BCUT2D eigenvalue weighted by Gasteiger charge is 2.52. The van der Waals surface area contributed by atoms with E-state index in [1.54, 1.807) is 16.6 Å². The number of nitrogens with one attached hydrogen (secondary N) is 1. The Kier molecular flexibility index (Phi) is 6.99. The van der Waals surface area contributed by atoms with Crippen molar-refractivity contribution in [3.8, 4) is 0 Å². The molecule has 0 radical (unpaired) electrons. The second-order valence-corrected chi connectivity index (χ2v) is 10.4. The molecule has 2 fully saturated rings. The van der Waals surface area contributed by atoms with Gasteiger partial charge in [-0.15, -0.1) is 24.8 Å². The quantitative estimate of drug-likeness (QED) is 0.562. The van der Waals surface area contributed by atoms with Gasteiger partial charge < -0.3 is 9.88 Å². The lowest BCUT2D eigenvalue weighted by Crippen LogP contribution is -2.54. The van der Waals surface area contributed by atoms with Gasteiger partial charge in [-0.05, 0) is 68.5 Å². The van der Waals surface area contributed by atoms with Gasteiger partial charge in [0, 0.05) is 41.8 Å². The smallest absolute Gasteiger partial charge is 0.0561 e. The number of aromatic nitrogens is 1. The van der Waals surface area contributed by atoms with Crippen LogP contribution in [0.25, 0.3) is 10.9 Å². The zero-order valence-electron chi connectivity index (χ0n) is 18.9. The lowest BCUT2D eigenvalue weighted by atomic mass is 9.63. The van der Waals surface area contributed by atoms with Gasteiger partial charge in [-0.2, -0.15) is 0 Å². The number of rotatable bonds is 4. The Morgan fingerprint density at radius 2 is 1.84 bits per heavy atom. The van der Waals surface area contributed by atoms with E-state index in [4.69, 9.17) is 0 Å². The van der Waals surface area contributed by atoms with E-state index in [0.29, 0.717) is 17.5 Å². The Labute approximate surface area is 200 Å². The SMILES string of the molecule is CC[C@]12CCCN3CCc4c(n(c5ccccc45)C(CNC4CCCCC4)C1)[C@@H]32.Cl.Cl. The normalized spacial score (nSPS) is 30.4. The summed E-state index contributed by atoms with van der Waals surface area (Å²) < 4.78 is 2.82. The van der Waals surface area contributed by atoms with Crippen molar-refractivity contribution in [3.05, 3.63) is 35.5 Å². The molecule has 31 heavy (non-hydrogen) atoms. The Morgan fingerprint density at radius 1 is 1.03 bits per heavy atom. The summed E-state index contributed by atoms with van der Waals surface area (Å²) in [4.78, 5) is 2.86. The third kappa shape index (κ3) is 3.64. The van der Waals surface area contributed by atoms with Crippen molar-refractivity contribution >= 4 is 35.7 Å². The largest absolute Gasteiger partial charge is 0.338 e. The van der Waals surface area contributed by atoms with E-state index in [2.05, 4.69) is 46.0 Å². The molecule has 3 atom stereocenters. The van der Waals surface area contributed by atoms with Crippen molar-refractivity contribution in [2.24, 2.45) is 5.41 Å². The molecule has 0 amide bonds. The minimum absolute atomic E-state index is 0. The predicted octanol–water partition coefficient (Wildman–Crippen LogP) is 6.44. The second-order valence-electron chi connectivity index (χ2n) is 10.4. The maximum Gasteiger partial charge on any atom is 0.0561 e. The van der Waals surface area contributed by atoms with Crippen LogP contribution in [0.5, 0.6) is 0 Å². The highest BCUT2D eigenvalue weighted by molar-refractivity contribution is 5.86. The van der Waals surface area contributed by atoms with Crippen molar-refractivity contribution in [3.63, 3.8) is 0 Å². The number of nitrogens with zero attached hydrogens (tertiary/aromatic N) is 2. The molecule has 5 heteroatoms. The molecule has 1 N–H and O–H groups in total. The van der Waals surface area contributed by atoms with Crippen molar-refractivity contribution in [2.75, 3.05) is 19.6 Å². The zero-order chi connectivity index (χ0) is 19.4. The van der Waals surface area contributed by atoms with Crippen LogP contribution in [0.1, 0.15) is 88.1 Å². The number of hydrogen-bond acceptors (Lipinski definition) is 2. The van der Waals surface area contributed by atoms with Crippen LogP contribution in [-0.4, -0.2) is 35.1 Å². The van der Waals surface area contributed by atoms with Crippen molar-refractivity contribution in [1.29, 1.82) is 0 Å². The molecule has 1 saturated heterocycles. The van der Waals surface area contributed by atoms with Gasteiger partial charge in [0.2, 0.25) is 0 Å². The van der Waals surface area contributed by atoms with Crippen LogP contribution in [0.4, 0.5) is 0 Å². The molecular formula is C26H39Cl2N3. The first kappa shape index (κ1) is 23.4. The Morgan fingerprint density at radius 3 is 2.65 bits per heavy atom. The summed E-state index contributed by atoms with van der Waals surface area (Å²) in [6.45, 7) is 6.20.